The zero-order valence-corrected chi connectivity index (χ0v) is 13.5. The maximum atomic E-state index is 12.6. The number of nitrogens with two attached hydrogens (primary N) is 1. The fourth-order valence-corrected chi connectivity index (χ4v) is 3.82. The summed E-state index contributed by atoms with van der Waals surface area (Å²) in [5, 5.41) is 0. The molecule has 1 aromatic carbocycles. The van der Waals surface area contributed by atoms with Crippen LogP contribution in [0.4, 0.5) is 5.69 Å². The van der Waals surface area contributed by atoms with Crippen molar-refractivity contribution in [1.29, 1.82) is 0 Å². The molecule has 120 valence electrons. The minimum absolute atomic E-state index is 0.0175. The van der Waals surface area contributed by atoms with Gasteiger partial charge >= 0.3 is 0 Å². The smallest absolute Gasteiger partial charge is 0.227 e. The normalized spacial score (nSPS) is 24.7. The maximum Gasteiger partial charge on any atom is 0.227 e. The Labute approximate surface area is 133 Å². The molecule has 1 saturated heterocycles. The lowest BCUT2D eigenvalue weighted by molar-refractivity contribution is -0.134. The molecule has 0 aromatic heterocycles. The largest absolute Gasteiger partial charge is 0.371 e. The molecule has 4 heteroatoms. The van der Waals surface area contributed by atoms with Crippen LogP contribution in [0.15, 0.2) is 24.3 Å². The monoisotopic (exact) mass is 301 g/mol. The van der Waals surface area contributed by atoms with Gasteiger partial charge in [0.2, 0.25) is 5.91 Å². The molecule has 1 aliphatic heterocycles. The molecule has 2 aliphatic rings. The first-order valence-corrected chi connectivity index (χ1v) is 8.50. The summed E-state index contributed by atoms with van der Waals surface area (Å²) in [6, 6.07) is 8.52. The first-order chi connectivity index (χ1) is 10.7. The summed E-state index contributed by atoms with van der Waals surface area (Å²) >= 11 is 0. The number of amides is 1. The summed E-state index contributed by atoms with van der Waals surface area (Å²) in [5.74, 6) is 0.227. The lowest BCUT2D eigenvalue weighted by Gasteiger charge is -2.27. The molecule has 4 nitrogen and oxygen atoms in total. The van der Waals surface area contributed by atoms with E-state index in [0.29, 0.717) is 6.54 Å². The summed E-state index contributed by atoms with van der Waals surface area (Å²) in [6.45, 7) is 2.93. The van der Waals surface area contributed by atoms with Gasteiger partial charge in [0, 0.05) is 38.4 Å². The molecule has 0 bridgehead atoms. The molecule has 2 atom stereocenters. The Bertz CT molecular complexity index is 525. The van der Waals surface area contributed by atoms with Crippen LogP contribution in [0.2, 0.25) is 0 Å². The average Bonchev–Trinajstić information content (AvgIpc) is 3.18. The third kappa shape index (κ3) is 3.12. The summed E-state index contributed by atoms with van der Waals surface area (Å²) in [4.78, 5) is 16.9. The van der Waals surface area contributed by atoms with Gasteiger partial charge in [-0.3, -0.25) is 4.79 Å². The van der Waals surface area contributed by atoms with Crippen molar-refractivity contribution < 1.29 is 4.79 Å². The lowest BCUT2D eigenvalue weighted by Crippen LogP contribution is -2.39. The van der Waals surface area contributed by atoms with E-state index in [4.69, 9.17) is 5.73 Å². The van der Waals surface area contributed by atoms with Gasteiger partial charge in [-0.1, -0.05) is 24.6 Å². The van der Waals surface area contributed by atoms with Gasteiger partial charge in [-0.2, -0.15) is 0 Å². The van der Waals surface area contributed by atoms with E-state index in [1.54, 1.807) is 0 Å². The first kappa shape index (κ1) is 15.3. The van der Waals surface area contributed by atoms with Gasteiger partial charge in [0.1, 0.15) is 0 Å². The molecular formula is C18H27N3O. The fourth-order valence-electron chi connectivity index (χ4n) is 3.82. The van der Waals surface area contributed by atoms with Crippen molar-refractivity contribution in [2.45, 2.75) is 44.7 Å². The van der Waals surface area contributed by atoms with Crippen LogP contribution >= 0.6 is 0 Å². The van der Waals surface area contributed by atoms with Crippen molar-refractivity contribution in [3.05, 3.63) is 29.8 Å². The molecule has 1 saturated carbocycles. The van der Waals surface area contributed by atoms with Gasteiger partial charge in [0.15, 0.2) is 0 Å². The highest BCUT2D eigenvalue weighted by Gasteiger charge is 2.32. The molecule has 2 N–H and O–H groups in total. The Morgan fingerprint density at radius 3 is 2.64 bits per heavy atom. The third-order valence-corrected chi connectivity index (χ3v) is 5.11. The second kappa shape index (κ2) is 6.69. The number of benzene rings is 1. The van der Waals surface area contributed by atoms with Gasteiger partial charge in [0.25, 0.3) is 0 Å². The zero-order chi connectivity index (χ0) is 15.5. The molecule has 1 heterocycles. The van der Waals surface area contributed by atoms with Crippen LogP contribution < -0.4 is 10.6 Å². The Morgan fingerprint density at radius 1 is 1.23 bits per heavy atom. The van der Waals surface area contributed by atoms with Crippen LogP contribution in [-0.4, -0.2) is 37.0 Å². The SMILES string of the molecule is CN(Cc1ccccc1N1CCCC1)C(=O)[C@@H]1CCC[C@H]1N. The Balaban J connectivity index is 1.71. The minimum Gasteiger partial charge on any atom is -0.371 e. The number of hydrogen-bond donors (Lipinski definition) is 1. The summed E-state index contributed by atoms with van der Waals surface area (Å²) in [5.41, 5.74) is 8.61. The van der Waals surface area contributed by atoms with E-state index in [9.17, 15) is 4.79 Å². The molecule has 0 unspecified atom stereocenters. The van der Waals surface area contributed by atoms with E-state index >= 15 is 0 Å². The summed E-state index contributed by atoms with van der Waals surface area (Å²) in [6.07, 6.45) is 5.53. The van der Waals surface area contributed by atoms with Crippen molar-refractivity contribution in [1.82, 2.24) is 4.90 Å². The van der Waals surface area contributed by atoms with Crippen LogP contribution in [0.25, 0.3) is 0 Å². The van der Waals surface area contributed by atoms with Crippen LogP contribution in [0.3, 0.4) is 0 Å². The van der Waals surface area contributed by atoms with Gasteiger partial charge in [0.05, 0.1) is 5.92 Å². The highest BCUT2D eigenvalue weighted by atomic mass is 16.2. The zero-order valence-electron chi connectivity index (χ0n) is 13.5. The summed E-state index contributed by atoms with van der Waals surface area (Å²) in [7, 11) is 1.91. The lowest BCUT2D eigenvalue weighted by atomic mass is 10.0. The van der Waals surface area contributed by atoms with Crippen LogP contribution in [-0.2, 0) is 11.3 Å². The molecule has 1 amide bonds. The number of carbonyl (C=O) groups excluding carboxylic acids is 1. The van der Waals surface area contributed by atoms with E-state index in [1.165, 1.54) is 24.1 Å². The molecular weight excluding hydrogens is 274 g/mol. The highest BCUT2D eigenvalue weighted by molar-refractivity contribution is 5.79. The number of hydrogen-bond acceptors (Lipinski definition) is 3. The number of carbonyl (C=O) groups is 1. The highest BCUT2D eigenvalue weighted by Crippen LogP contribution is 2.28. The number of anilines is 1. The van der Waals surface area contributed by atoms with E-state index in [-0.39, 0.29) is 17.9 Å². The van der Waals surface area contributed by atoms with Gasteiger partial charge in [-0.25, -0.2) is 0 Å². The topological polar surface area (TPSA) is 49.6 Å². The first-order valence-electron chi connectivity index (χ1n) is 8.50. The Hall–Kier alpha value is -1.55. The van der Waals surface area contributed by atoms with E-state index in [1.807, 2.05) is 11.9 Å². The average molecular weight is 301 g/mol. The molecule has 1 aromatic rings. The fraction of sp³-hybridized carbons (Fsp3) is 0.611. The Morgan fingerprint density at radius 2 is 1.95 bits per heavy atom. The Kier molecular flexibility index (Phi) is 4.67. The van der Waals surface area contributed by atoms with Crippen molar-refractivity contribution in [3.63, 3.8) is 0 Å². The van der Waals surface area contributed by atoms with Crippen LogP contribution in [0.5, 0.6) is 0 Å². The van der Waals surface area contributed by atoms with Crippen molar-refractivity contribution >= 4 is 11.6 Å². The second-order valence-corrected chi connectivity index (χ2v) is 6.72. The van der Waals surface area contributed by atoms with Crippen molar-refractivity contribution in [2.75, 3.05) is 25.0 Å². The predicted molar refractivity (Wildman–Crippen MR) is 89.7 cm³/mol. The van der Waals surface area contributed by atoms with Crippen molar-refractivity contribution in [2.24, 2.45) is 11.7 Å². The number of para-hydroxylation sites is 1. The summed E-state index contributed by atoms with van der Waals surface area (Å²) < 4.78 is 0. The van der Waals surface area contributed by atoms with E-state index in [0.717, 1.165) is 32.4 Å². The molecule has 22 heavy (non-hydrogen) atoms. The van der Waals surface area contributed by atoms with E-state index < -0.39 is 0 Å². The molecule has 1 aliphatic carbocycles. The number of nitrogens with zero attached hydrogens (tertiary/aromatic N) is 2. The maximum absolute atomic E-state index is 12.6. The quantitative estimate of drug-likeness (QED) is 0.929. The molecule has 0 radical (unpaired) electrons. The number of rotatable bonds is 4. The van der Waals surface area contributed by atoms with Crippen LogP contribution in [0.1, 0.15) is 37.7 Å². The van der Waals surface area contributed by atoms with Gasteiger partial charge in [-0.15, -0.1) is 0 Å². The third-order valence-electron chi connectivity index (χ3n) is 5.11. The predicted octanol–water partition coefficient (Wildman–Crippen LogP) is 2.37. The minimum atomic E-state index is 0.0175. The van der Waals surface area contributed by atoms with Gasteiger partial charge in [-0.05, 0) is 37.3 Å². The molecule has 0 spiro atoms. The van der Waals surface area contributed by atoms with Gasteiger partial charge < -0.3 is 15.5 Å². The molecule has 2 fully saturated rings. The molecule has 3 rings (SSSR count). The van der Waals surface area contributed by atoms with E-state index in [2.05, 4.69) is 29.2 Å². The standard InChI is InChI=1S/C18H27N3O/c1-20(18(22)15-8-6-9-16(15)19)13-14-7-2-3-10-17(14)21-11-4-5-12-21/h2-3,7,10,15-16H,4-6,8-9,11-13,19H2,1H3/t15-,16-/m1/s1. The van der Waals surface area contributed by atoms with Crippen LogP contribution in [0, 0.1) is 5.92 Å². The van der Waals surface area contributed by atoms with Crippen molar-refractivity contribution in [3.8, 4) is 0 Å². The second-order valence-electron chi connectivity index (χ2n) is 6.72.